The van der Waals surface area contributed by atoms with Crippen LogP contribution in [0.25, 0.3) is 0 Å². The number of hydrogen-bond acceptors (Lipinski definition) is 5. The largest absolute Gasteiger partial charge is 0.480 e. The van der Waals surface area contributed by atoms with Crippen molar-refractivity contribution >= 4 is 18.0 Å². The zero-order valence-corrected chi connectivity index (χ0v) is 10.7. The minimum absolute atomic E-state index is 0.182. The summed E-state index contributed by atoms with van der Waals surface area (Å²) in [5.74, 6) is -1.84. The Morgan fingerprint density at radius 2 is 1.90 bits per heavy atom. The molecule has 0 heterocycles. The molecule has 1 aromatic carbocycles. The van der Waals surface area contributed by atoms with Crippen LogP contribution in [0.15, 0.2) is 30.3 Å². The highest BCUT2D eigenvalue weighted by Gasteiger charge is 2.13. The van der Waals surface area contributed by atoms with Crippen LogP contribution in [0.4, 0.5) is 4.79 Å². The summed E-state index contributed by atoms with van der Waals surface area (Å²) >= 11 is 0. The summed E-state index contributed by atoms with van der Waals surface area (Å²) < 4.78 is 4.55. The van der Waals surface area contributed by atoms with Gasteiger partial charge < -0.3 is 20.9 Å². The third-order valence-electron chi connectivity index (χ3n) is 2.47. The maximum atomic E-state index is 11.5. The number of hydrogen-bond donors (Lipinski definition) is 3. The minimum atomic E-state index is -1.09. The fourth-order valence-electron chi connectivity index (χ4n) is 1.39. The van der Waals surface area contributed by atoms with Crippen LogP contribution in [-0.4, -0.2) is 35.7 Å². The highest BCUT2D eigenvalue weighted by atomic mass is 16.6. The third kappa shape index (κ3) is 5.49. The van der Waals surface area contributed by atoms with E-state index in [9.17, 15) is 14.4 Å². The normalized spacial score (nSPS) is 11.4. The first-order valence-corrected chi connectivity index (χ1v) is 6.04. The highest BCUT2D eigenvalue weighted by molar-refractivity contribution is 5.96. The molecule has 1 aromatic rings. The van der Waals surface area contributed by atoms with E-state index in [-0.39, 0.29) is 18.5 Å². The molecule has 0 aliphatic carbocycles. The number of carboxylic acid groups (broad SMARTS) is 1. The van der Waals surface area contributed by atoms with Gasteiger partial charge in [-0.2, -0.15) is 0 Å². The van der Waals surface area contributed by atoms with E-state index in [1.165, 1.54) is 12.1 Å². The van der Waals surface area contributed by atoms with Crippen LogP contribution < -0.4 is 11.1 Å². The van der Waals surface area contributed by atoms with E-state index in [0.29, 0.717) is 6.42 Å². The first kappa shape index (κ1) is 15.6. The maximum absolute atomic E-state index is 11.5. The number of nitrogens with two attached hydrogens (primary N) is 1. The SMILES string of the molecule is N[C@H](CCCNC(=O)OC(=O)c1ccccc1)C(=O)O. The smallest absolute Gasteiger partial charge is 0.415 e. The summed E-state index contributed by atoms with van der Waals surface area (Å²) in [4.78, 5) is 33.3. The molecule has 0 aromatic heterocycles. The Kier molecular flexibility index (Phi) is 6.18. The van der Waals surface area contributed by atoms with E-state index < -0.39 is 24.1 Å². The minimum Gasteiger partial charge on any atom is -0.480 e. The number of carboxylic acids is 1. The van der Waals surface area contributed by atoms with Gasteiger partial charge in [0.2, 0.25) is 0 Å². The highest BCUT2D eigenvalue weighted by Crippen LogP contribution is 2.01. The van der Waals surface area contributed by atoms with E-state index in [4.69, 9.17) is 10.8 Å². The lowest BCUT2D eigenvalue weighted by Crippen LogP contribution is -2.32. The van der Waals surface area contributed by atoms with Crippen LogP contribution in [0, 0.1) is 0 Å². The molecule has 0 fully saturated rings. The molecule has 20 heavy (non-hydrogen) atoms. The Bertz CT molecular complexity index is 475. The van der Waals surface area contributed by atoms with Gasteiger partial charge in [0.15, 0.2) is 0 Å². The fourth-order valence-corrected chi connectivity index (χ4v) is 1.39. The number of benzene rings is 1. The summed E-state index contributed by atoms with van der Waals surface area (Å²) in [7, 11) is 0. The molecule has 0 bridgehead atoms. The zero-order chi connectivity index (χ0) is 15.0. The van der Waals surface area contributed by atoms with Gasteiger partial charge in [-0.15, -0.1) is 0 Å². The summed E-state index contributed by atoms with van der Waals surface area (Å²) in [6, 6.07) is 7.15. The van der Waals surface area contributed by atoms with Crippen molar-refractivity contribution in [3.05, 3.63) is 35.9 Å². The first-order chi connectivity index (χ1) is 9.50. The van der Waals surface area contributed by atoms with Gasteiger partial charge >= 0.3 is 18.0 Å². The zero-order valence-electron chi connectivity index (χ0n) is 10.7. The number of nitrogens with one attached hydrogen (secondary N) is 1. The van der Waals surface area contributed by atoms with E-state index in [2.05, 4.69) is 10.1 Å². The van der Waals surface area contributed by atoms with E-state index in [1.807, 2.05) is 0 Å². The monoisotopic (exact) mass is 280 g/mol. The molecule has 7 heteroatoms. The first-order valence-electron chi connectivity index (χ1n) is 6.04. The van der Waals surface area contributed by atoms with Gasteiger partial charge in [0.05, 0.1) is 5.56 Å². The predicted molar refractivity (Wildman–Crippen MR) is 70.1 cm³/mol. The molecule has 0 unspecified atom stereocenters. The maximum Gasteiger partial charge on any atom is 0.415 e. The second kappa shape index (κ2) is 7.90. The quantitative estimate of drug-likeness (QED) is 0.402. The molecule has 1 amide bonds. The second-order valence-corrected chi connectivity index (χ2v) is 4.06. The van der Waals surface area contributed by atoms with Crippen LogP contribution in [0.1, 0.15) is 23.2 Å². The Morgan fingerprint density at radius 1 is 1.25 bits per heavy atom. The van der Waals surface area contributed by atoms with Gasteiger partial charge in [-0.1, -0.05) is 18.2 Å². The van der Waals surface area contributed by atoms with Crippen molar-refractivity contribution in [2.24, 2.45) is 5.73 Å². The molecule has 108 valence electrons. The Hall–Kier alpha value is -2.41. The van der Waals surface area contributed by atoms with Gasteiger partial charge in [-0.25, -0.2) is 9.59 Å². The Balaban J connectivity index is 2.24. The van der Waals surface area contributed by atoms with Gasteiger partial charge in [0, 0.05) is 6.54 Å². The number of rotatable bonds is 6. The lowest BCUT2D eigenvalue weighted by atomic mass is 10.2. The van der Waals surface area contributed by atoms with Crippen LogP contribution in [0.3, 0.4) is 0 Å². The van der Waals surface area contributed by atoms with Crippen molar-refractivity contribution in [1.82, 2.24) is 5.32 Å². The van der Waals surface area contributed by atoms with Crippen LogP contribution in [-0.2, 0) is 9.53 Å². The number of aliphatic carboxylic acids is 1. The molecule has 7 nitrogen and oxygen atoms in total. The molecule has 0 radical (unpaired) electrons. The van der Waals surface area contributed by atoms with Gasteiger partial charge in [-0.05, 0) is 25.0 Å². The van der Waals surface area contributed by atoms with Crippen LogP contribution in [0.5, 0.6) is 0 Å². The summed E-state index contributed by atoms with van der Waals surface area (Å²) in [6.45, 7) is 0.182. The van der Waals surface area contributed by atoms with Crippen molar-refractivity contribution in [1.29, 1.82) is 0 Å². The molecule has 0 aliphatic rings. The average Bonchev–Trinajstić information content (AvgIpc) is 2.44. The number of carbonyl (C=O) groups excluding carboxylic acids is 2. The van der Waals surface area contributed by atoms with Gasteiger partial charge in [0.25, 0.3) is 0 Å². The van der Waals surface area contributed by atoms with Crippen molar-refractivity contribution in [3.63, 3.8) is 0 Å². The van der Waals surface area contributed by atoms with Crippen molar-refractivity contribution in [3.8, 4) is 0 Å². The average molecular weight is 280 g/mol. The molecule has 0 saturated heterocycles. The molecule has 1 rings (SSSR count). The van der Waals surface area contributed by atoms with Crippen molar-refractivity contribution in [2.45, 2.75) is 18.9 Å². The molecule has 0 saturated carbocycles. The van der Waals surface area contributed by atoms with E-state index in [0.717, 1.165) is 0 Å². The summed E-state index contributed by atoms with van der Waals surface area (Å²) in [5.41, 5.74) is 5.57. The molecular formula is C13H16N2O5. The summed E-state index contributed by atoms with van der Waals surface area (Å²) in [5, 5.41) is 10.9. The lowest BCUT2D eigenvalue weighted by Gasteiger charge is -2.07. The Labute approximate surface area is 115 Å². The molecule has 1 atom stereocenters. The standard InChI is InChI=1S/C13H16N2O5/c14-10(11(16)17)7-4-8-15-13(19)20-12(18)9-5-2-1-3-6-9/h1-3,5-6,10H,4,7-8,14H2,(H,15,19)(H,16,17)/t10-/m1/s1. The van der Waals surface area contributed by atoms with Crippen molar-refractivity contribution < 1.29 is 24.2 Å². The van der Waals surface area contributed by atoms with Crippen LogP contribution >= 0.6 is 0 Å². The fraction of sp³-hybridized carbons (Fsp3) is 0.308. The summed E-state index contributed by atoms with van der Waals surface area (Å²) in [6.07, 6.45) is -0.271. The molecule has 0 spiro atoms. The number of amides is 1. The molecule has 0 aliphatic heterocycles. The van der Waals surface area contributed by atoms with Gasteiger partial charge in [-0.3, -0.25) is 4.79 Å². The number of esters is 1. The topological polar surface area (TPSA) is 119 Å². The second-order valence-electron chi connectivity index (χ2n) is 4.06. The number of alkyl carbamates (subject to hydrolysis) is 1. The van der Waals surface area contributed by atoms with E-state index >= 15 is 0 Å². The third-order valence-corrected chi connectivity index (χ3v) is 2.47. The lowest BCUT2D eigenvalue weighted by molar-refractivity contribution is -0.138. The van der Waals surface area contributed by atoms with Crippen LogP contribution in [0.2, 0.25) is 0 Å². The molecular weight excluding hydrogens is 264 g/mol. The predicted octanol–water partition coefficient (Wildman–Crippen LogP) is 0.745. The molecule has 4 N–H and O–H groups in total. The van der Waals surface area contributed by atoms with E-state index in [1.54, 1.807) is 18.2 Å². The van der Waals surface area contributed by atoms with Crippen molar-refractivity contribution in [2.75, 3.05) is 6.54 Å². The Morgan fingerprint density at radius 3 is 2.50 bits per heavy atom. The van der Waals surface area contributed by atoms with Gasteiger partial charge in [0.1, 0.15) is 6.04 Å². The number of carbonyl (C=O) groups is 3. The number of ether oxygens (including phenoxy) is 1.